The smallest absolute Gasteiger partial charge is 0.310 e. The first-order chi connectivity index (χ1) is 7.62. The summed E-state index contributed by atoms with van der Waals surface area (Å²) in [6.07, 6.45) is 1.62. The predicted octanol–water partition coefficient (Wildman–Crippen LogP) is 1.95. The molecule has 2 rings (SSSR count). The molecule has 0 atom stereocenters. The number of carboxylic acid groups (broad SMARTS) is 1. The molecule has 0 spiro atoms. The summed E-state index contributed by atoms with van der Waals surface area (Å²) in [6, 6.07) is 8.26. The number of hydrogen-bond donors (Lipinski definition) is 2. The van der Waals surface area contributed by atoms with Gasteiger partial charge in [-0.2, -0.15) is 0 Å². The van der Waals surface area contributed by atoms with Gasteiger partial charge in [-0.05, 0) is 25.3 Å². The molecule has 0 saturated heterocycles. The van der Waals surface area contributed by atoms with Crippen molar-refractivity contribution in [2.45, 2.75) is 26.3 Å². The topological polar surface area (TPSA) is 49.3 Å². The van der Waals surface area contributed by atoms with E-state index >= 15 is 0 Å². The third-order valence-corrected chi connectivity index (χ3v) is 3.18. The molecule has 1 aliphatic carbocycles. The Morgan fingerprint density at radius 3 is 2.81 bits per heavy atom. The molecule has 1 aromatic carbocycles. The Labute approximate surface area is 95.5 Å². The van der Waals surface area contributed by atoms with Crippen LogP contribution < -0.4 is 5.32 Å². The fraction of sp³-hybridized carbons (Fsp3) is 0.462. The van der Waals surface area contributed by atoms with Gasteiger partial charge in [0.05, 0.1) is 5.41 Å². The average Bonchev–Trinajstić information content (AvgIpc) is 2.99. The number of rotatable bonds is 5. The van der Waals surface area contributed by atoms with Crippen LogP contribution in [0.25, 0.3) is 0 Å². The van der Waals surface area contributed by atoms with Gasteiger partial charge in [0.2, 0.25) is 0 Å². The van der Waals surface area contributed by atoms with Gasteiger partial charge in [-0.25, -0.2) is 0 Å². The van der Waals surface area contributed by atoms with E-state index in [0.717, 1.165) is 19.4 Å². The molecule has 0 amide bonds. The van der Waals surface area contributed by atoms with Gasteiger partial charge < -0.3 is 10.4 Å². The fourth-order valence-corrected chi connectivity index (χ4v) is 1.89. The van der Waals surface area contributed by atoms with Crippen LogP contribution in [0.5, 0.6) is 0 Å². The monoisotopic (exact) mass is 219 g/mol. The van der Waals surface area contributed by atoms with Crippen molar-refractivity contribution in [3.05, 3.63) is 35.4 Å². The lowest BCUT2D eigenvalue weighted by Gasteiger charge is -2.11. The summed E-state index contributed by atoms with van der Waals surface area (Å²) in [5.74, 6) is -0.663. The summed E-state index contributed by atoms with van der Waals surface area (Å²) in [4.78, 5) is 10.9. The van der Waals surface area contributed by atoms with Gasteiger partial charge in [-0.1, -0.05) is 29.8 Å². The van der Waals surface area contributed by atoms with E-state index in [1.165, 1.54) is 11.1 Å². The lowest BCUT2D eigenvalue weighted by molar-refractivity contribution is -0.143. The van der Waals surface area contributed by atoms with Crippen molar-refractivity contribution in [3.63, 3.8) is 0 Å². The van der Waals surface area contributed by atoms with E-state index in [4.69, 9.17) is 5.11 Å². The number of benzene rings is 1. The lowest BCUT2D eigenvalue weighted by Crippen LogP contribution is -2.29. The second-order valence-corrected chi connectivity index (χ2v) is 4.68. The molecule has 1 aromatic rings. The molecule has 0 radical (unpaired) electrons. The van der Waals surface area contributed by atoms with E-state index in [1.54, 1.807) is 0 Å². The van der Waals surface area contributed by atoms with E-state index in [0.29, 0.717) is 6.54 Å². The molecule has 0 aromatic heterocycles. The van der Waals surface area contributed by atoms with Crippen LogP contribution >= 0.6 is 0 Å². The van der Waals surface area contributed by atoms with Crippen LogP contribution in [0, 0.1) is 12.3 Å². The highest BCUT2D eigenvalue weighted by atomic mass is 16.4. The first-order valence-electron chi connectivity index (χ1n) is 5.62. The van der Waals surface area contributed by atoms with E-state index in [-0.39, 0.29) is 0 Å². The Bertz CT molecular complexity index is 397. The predicted molar refractivity (Wildman–Crippen MR) is 62.2 cm³/mol. The van der Waals surface area contributed by atoms with Crippen molar-refractivity contribution in [2.24, 2.45) is 5.41 Å². The van der Waals surface area contributed by atoms with Gasteiger partial charge in [-0.3, -0.25) is 4.79 Å². The van der Waals surface area contributed by atoms with Crippen molar-refractivity contribution in [3.8, 4) is 0 Å². The minimum Gasteiger partial charge on any atom is -0.481 e. The largest absolute Gasteiger partial charge is 0.481 e. The molecule has 2 N–H and O–H groups in total. The highest BCUT2D eigenvalue weighted by Crippen LogP contribution is 2.45. The van der Waals surface area contributed by atoms with E-state index in [9.17, 15) is 4.79 Å². The van der Waals surface area contributed by atoms with Crippen LogP contribution in [0.4, 0.5) is 0 Å². The van der Waals surface area contributed by atoms with Crippen molar-refractivity contribution >= 4 is 5.97 Å². The maximum absolute atomic E-state index is 10.9. The molecular weight excluding hydrogens is 202 g/mol. The number of aryl methyl sites for hydroxylation is 1. The van der Waals surface area contributed by atoms with Crippen LogP contribution in [-0.4, -0.2) is 17.6 Å². The van der Waals surface area contributed by atoms with Crippen LogP contribution in [0.3, 0.4) is 0 Å². The summed E-state index contributed by atoms with van der Waals surface area (Å²) in [6.45, 7) is 3.39. The zero-order valence-electron chi connectivity index (χ0n) is 9.49. The maximum Gasteiger partial charge on any atom is 0.310 e. The highest BCUT2D eigenvalue weighted by Gasteiger charge is 2.49. The number of carboxylic acids is 1. The highest BCUT2D eigenvalue weighted by molar-refractivity contribution is 5.78. The molecule has 3 nitrogen and oxygen atoms in total. The summed E-state index contributed by atoms with van der Waals surface area (Å²) >= 11 is 0. The van der Waals surface area contributed by atoms with Crippen LogP contribution in [-0.2, 0) is 11.3 Å². The molecule has 1 fully saturated rings. The molecule has 1 saturated carbocycles. The summed E-state index contributed by atoms with van der Waals surface area (Å²) in [5, 5.41) is 12.2. The molecule has 1 aliphatic rings. The minimum atomic E-state index is -0.663. The van der Waals surface area contributed by atoms with Gasteiger partial charge in [0.25, 0.3) is 0 Å². The van der Waals surface area contributed by atoms with Crippen molar-refractivity contribution in [2.75, 3.05) is 6.54 Å². The Hall–Kier alpha value is -1.35. The zero-order valence-corrected chi connectivity index (χ0v) is 9.49. The normalized spacial score (nSPS) is 17.1. The Morgan fingerprint density at radius 2 is 2.25 bits per heavy atom. The lowest BCUT2D eigenvalue weighted by atomic mass is 10.1. The van der Waals surface area contributed by atoms with E-state index in [1.807, 2.05) is 6.07 Å². The molecule has 0 aliphatic heterocycles. The standard InChI is InChI=1S/C13H17NO2/c1-10-3-2-4-11(7-10)8-14-9-13(5-6-13)12(15)16/h2-4,7,14H,5-6,8-9H2,1H3,(H,15,16). The molecular formula is C13H17NO2. The van der Waals surface area contributed by atoms with E-state index in [2.05, 4.69) is 30.4 Å². The van der Waals surface area contributed by atoms with Crippen molar-refractivity contribution in [1.82, 2.24) is 5.32 Å². The number of aliphatic carboxylic acids is 1. The summed E-state index contributed by atoms with van der Waals surface area (Å²) in [5.41, 5.74) is 1.98. The quantitative estimate of drug-likeness (QED) is 0.795. The second kappa shape index (κ2) is 4.26. The average molecular weight is 219 g/mol. The molecule has 0 bridgehead atoms. The number of carbonyl (C=O) groups is 1. The Morgan fingerprint density at radius 1 is 1.50 bits per heavy atom. The zero-order chi connectivity index (χ0) is 11.6. The minimum absolute atomic E-state index is 0.468. The third kappa shape index (κ3) is 2.42. The van der Waals surface area contributed by atoms with Crippen molar-refractivity contribution < 1.29 is 9.90 Å². The third-order valence-electron chi connectivity index (χ3n) is 3.18. The first-order valence-corrected chi connectivity index (χ1v) is 5.62. The van der Waals surface area contributed by atoms with Crippen LogP contribution in [0.2, 0.25) is 0 Å². The van der Waals surface area contributed by atoms with Crippen LogP contribution in [0.1, 0.15) is 24.0 Å². The SMILES string of the molecule is Cc1cccc(CNCC2(C(=O)O)CC2)c1. The van der Waals surface area contributed by atoms with Crippen molar-refractivity contribution in [1.29, 1.82) is 0 Å². The van der Waals surface area contributed by atoms with Gasteiger partial charge in [0.15, 0.2) is 0 Å². The van der Waals surface area contributed by atoms with Gasteiger partial charge in [0.1, 0.15) is 0 Å². The molecule has 0 unspecified atom stereocenters. The second-order valence-electron chi connectivity index (χ2n) is 4.68. The summed E-state index contributed by atoms with van der Waals surface area (Å²) in [7, 11) is 0. The van der Waals surface area contributed by atoms with Gasteiger partial charge in [-0.15, -0.1) is 0 Å². The number of hydrogen-bond acceptors (Lipinski definition) is 2. The Balaban J connectivity index is 1.83. The molecule has 86 valence electrons. The van der Waals surface area contributed by atoms with Crippen LogP contribution in [0.15, 0.2) is 24.3 Å². The Kier molecular flexibility index (Phi) is 2.97. The summed E-state index contributed by atoms with van der Waals surface area (Å²) < 4.78 is 0. The number of nitrogens with one attached hydrogen (secondary N) is 1. The molecule has 0 heterocycles. The first kappa shape index (κ1) is 11.1. The van der Waals surface area contributed by atoms with Gasteiger partial charge >= 0.3 is 5.97 Å². The van der Waals surface area contributed by atoms with E-state index < -0.39 is 11.4 Å². The maximum atomic E-state index is 10.9. The molecule has 16 heavy (non-hydrogen) atoms. The molecule has 3 heteroatoms. The fourth-order valence-electron chi connectivity index (χ4n) is 1.89. The van der Waals surface area contributed by atoms with Gasteiger partial charge in [0, 0.05) is 13.1 Å².